The fraction of sp³-hybridized carbons (Fsp3) is 0.250. The monoisotopic (exact) mass is 150 g/mol. The molecule has 0 atom stereocenters. The number of nitrogens with one attached hydrogen (secondary N) is 1. The maximum atomic E-state index is 10.1. The van der Waals surface area contributed by atoms with Gasteiger partial charge in [-0.1, -0.05) is 6.08 Å². The molecule has 0 unspecified atom stereocenters. The molecule has 3 N–H and O–H groups in total. The van der Waals surface area contributed by atoms with Crippen LogP contribution in [0.5, 0.6) is 0 Å². The summed E-state index contributed by atoms with van der Waals surface area (Å²) >= 11 is 0. The van der Waals surface area contributed by atoms with Crippen molar-refractivity contribution in [3.63, 3.8) is 0 Å². The molecule has 4 nitrogen and oxygen atoms in total. The topological polar surface area (TPSA) is 69.6 Å². The number of hydrogen-bond acceptors (Lipinski definition) is 2. The van der Waals surface area contributed by atoms with Gasteiger partial charge >= 0.3 is 7.60 Å². The van der Waals surface area contributed by atoms with E-state index in [1.165, 1.54) is 12.6 Å². The second-order valence-corrected chi connectivity index (χ2v) is 3.07. The number of hydrogen-bond donors (Lipinski definition) is 3. The van der Waals surface area contributed by atoms with Gasteiger partial charge in [-0.2, -0.15) is 0 Å². The Morgan fingerprint density at radius 3 is 2.56 bits per heavy atom. The zero-order chi connectivity index (χ0) is 7.33. The van der Waals surface area contributed by atoms with Gasteiger partial charge in [0.15, 0.2) is 0 Å². The normalized spacial score (nSPS) is 11.3. The van der Waals surface area contributed by atoms with Gasteiger partial charge in [0.2, 0.25) is 0 Å². The van der Waals surface area contributed by atoms with E-state index in [1.54, 1.807) is 0 Å². The van der Waals surface area contributed by atoms with Crippen LogP contribution in [0.4, 0.5) is 0 Å². The highest BCUT2D eigenvalue weighted by atomic mass is 31.2. The molecule has 0 spiro atoms. The van der Waals surface area contributed by atoms with E-state index in [0.717, 1.165) is 0 Å². The lowest BCUT2D eigenvalue weighted by Gasteiger charge is -2.01. The molecule has 0 rings (SSSR count). The zero-order valence-corrected chi connectivity index (χ0v) is 5.71. The fourth-order valence-corrected chi connectivity index (χ4v) is 0.598. The van der Waals surface area contributed by atoms with Gasteiger partial charge in [0.1, 0.15) is 0 Å². The van der Waals surface area contributed by atoms with E-state index in [-0.39, 0.29) is 6.29 Å². The van der Waals surface area contributed by atoms with Gasteiger partial charge in [0.05, 0.1) is 6.29 Å². The van der Waals surface area contributed by atoms with E-state index >= 15 is 0 Å². The largest absolute Gasteiger partial charge is 0.339 e. The van der Waals surface area contributed by atoms with Crippen LogP contribution in [-0.4, -0.2) is 16.1 Å². The average molecular weight is 150 g/mol. The highest BCUT2D eigenvalue weighted by Crippen LogP contribution is 2.31. The van der Waals surface area contributed by atoms with Crippen LogP contribution in [0.25, 0.3) is 0 Å². The second-order valence-electron chi connectivity index (χ2n) is 1.43. The fourth-order valence-electron chi connectivity index (χ4n) is 0.255. The lowest BCUT2D eigenvalue weighted by atomic mass is 10.6. The highest BCUT2D eigenvalue weighted by Gasteiger charge is 2.09. The molecule has 0 amide bonds. The van der Waals surface area contributed by atoms with Crippen molar-refractivity contribution in [2.45, 2.75) is 0 Å². The van der Waals surface area contributed by atoms with Crippen LogP contribution in [0.2, 0.25) is 0 Å². The summed E-state index contributed by atoms with van der Waals surface area (Å²) in [5, 5.41) is 2.37. The average Bonchev–Trinajstić information content (AvgIpc) is 1.63. The molecular formula is C4H9NO3P. The Labute approximate surface area is 53.7 Å². The van der Waals surface area contributed by atoms with E-state index in [2.05, 4.69) is 11.9 Å². The molecule has 5 heteroatoms. The quantitative estimate of drug-likeness (QED) is 0.391. The molecule has 9 heavy (non-hydrogen) atoms. The molecule has 0 aliphatic rings. The van der Waals surface area contributed by atoms with Crippen molar-refractivity contribution < 1.29 is 14.4 Å². The molecule has 0 bridgehead atoms. The summed E-state index contributed by atoms with van der Waals surface area (Å²) in [6.45, 7) is 4.68. The van der Waals surface area contributed by atoms with Crippen molar-refractivity contribution in [1.29, 1.82) is 0 Å². The molecular weight excluding hydrogens is 141 g/mol. The van der Waals surface area contributed by atoms with Crippen molar-refractivity contribution >= 4 is 7.60 Å². The van der Waals surface area contributed by atoms with Crippen LogP contribution in [0.15, 0.2) is 12.7 Å². The molecule has 0 fully saturated rings. The SMILES string of the molecule is C=C[CH]NCP(=O)(O)O. The van der Waals surface area contributed by atoms with E-state index in [9.17, 15) is 4.57 Å². The van der Waals surface area contributed by atoms with E-state index in [4.69, 9.17) is 9.79 Å². The summed E-state index contributed by atoms with van der Waals surface area (Å²) < 4.78 is 10.1. The summed E-state index contributed by atoms with van der Waals surface area (Å²) in [6.07, 6.45) is 1.08. The van der Waals surface area contributed by atoms with Gasteiger partial charge in [-0.3, -0.25) is 9.88 Å². The van der Waals surface area contributed by atoms with Crippen LogP contribution in [0, 0.1) is 6.54 Å². The first-order chi connectivity index (χ1) is 4.06. The summed E-state index contributed by atoms with van der Waals surface area (Å²) in [5.74, 6) is 0. The summed E-state index contributed by atoms with van der Waals surface area (Å²) in [6, 6.07) is 0. The van der Waals surface area contributed by atoms with Crippen molar-refractivity contribution in [2.24, 2.45) is 0 Å². The molecule has 0 aromatic carbocycles. The van der Waals surface area contributed by atoms with E-state index in [0.29, 0.717) is 0 Å². The Bertz CT molecular complexity index is 130. The Hall–Kier alpha value is -0.150. The lowest BCUT2D eigenvalue weighted by Crippen LogP contribution is -2.09. The summed E-state index contributed by atoms with van der Waals surface area (Å²) in [4.78, 5) is 16.5. The smallest absolute Gasteiger partial charge is 0.324 e. The maximum Gasteiger partial charge on any atom is 0.339 e. The number of rotatable bonds is 4. The first-order valence-corrected chi connectivity index (χ1v) is 4.08. The van der Waals surface area contributed by atoms with Crippen molar-refractivity contribution in [2.75, 3.05) is 6.29 Å². The second kappa shape index (κ2) is 3.80. The molecule has 0 aromatic heterocycles. The summed E-state index contributed by atoms with van der Waals surface area (Å²) in [7, 11) is -3.89. The van der Waals surface area contributed by atoms with E-state index in [1.807, 2.05) is 0 Å². The van der Waals surface area contributed by atoms with Gasteiger partial charge < -0.3 is 9.79 Å². The third-order valence-corrected chi connectivity index (χ3v) is 1.13. The molecule has 0 aliphatic carbocycles. The van der Waals surface area contributed by atoms with E-state index < -0.39 is 7.60 Å². The molecule has 1 radical (unpaired) electrons. The molecule has 0 saturated carbocycles. The minimum atomic E-state index is -3.89. The third kappa shape index (κ3) is 7.85. The Kier molecular flexibility index (Phi) is 3.73. The molecule has 0 aromatic rings. The standard InChI is InChI=1S/C4H9NO3P/c1-2-3-5-4-9(6,7)8/h2-3,5H,1,4H2,(H2,6,7,8). The third-order valence-electron chi connectivity index (χ3n) is 0.533. The molecule has 0 heterocycles. The highest BCUT2D eigenvalue weighted by molar-refractivity contribution is 7.51. The molecule has 0 aliphatic heterocycles. The van der Waals surface area contributed by atoms with Crippen LogP contribution >= 0.6 is 7.60 Å². The van der Waals surface area contributed by atoms with Crippen LogP contribution in [0.3, 0.4) is 0 Å². The Balaban J connectivity index is 3.28. The summed E-state index contributed by atoms with van der Waals surface area (Å²) in [5.41, 5.74) is 0. The first-order valence-electron chi connectivity index (χ1n) is 2.28. The van der Waals surface area contributed by atoms with Crippen molar-refractivity contribution in [3.8, 4) is 0 Å². The molecule has 0 saturated heterocycles. The van der Waals surface area contributed by atoms with Crippen LogP contribution in [0.1, 0.15) is 0 Å². The Morgan fingerprint density at radius 2 is 2.22 bits per heavy atom. The minimum Gasteiger partial charge on any atom is -0.324 e. The van der Waals surface area contributed by atoms with Gasteiger partial charge in [-0.25, -0.2) is 0 Å². The van der Waals surface area contributed by atoms with Gasteiger partial charge in [0.25, 0.3) is 0 Å². The molecule has 53 valence electrons. The lowest BCUT2D eigenvalue weighted by molar-refractivity contribution is 0.370. The minimum absolute atomic E-state index is 0.334. The maximum absolute atomic E-state index is 10.1. The van der Waals surface area contributed by atoms with Crippen LogP contribution < -0.4 is 5.32 Å². The predicted octanol–water partition coefficient (Wildman–Crippen LogP) is 0.0590. The van der Waals surface area contributed by atoms with Crippen molar-refractivity contribution in [1.82, 2.24) is 5.32 Å². The Morgan fingerprint density at radius 1 is 1.67 bits per heavy atom. The zero-order valence-electron chi connectivity index (χ0n) is 4.82. The predicted molar refractivity (Wildman–Crippen MR) is 34.5 cm³/mol. The van der Waals surface area contributed by atoms with Gasteiger partial charge in [-0.15, -0.1) is 6.58 Å². The van der Waals surface area contributed by atoms with Gasteiger partial charge in [-0.05, 0) is 0 Å². The van der Waals surface area contributed by atoms with Gasteiger partial charge in [0, 0.05) is 6.54 Å². The van der Waals surface area contributed by atoms with Crippen molar-refractivity contribution in [3.05, 3.63) is 19.2 Å². The first kappa shape index (κ1) is 8.85. The van der Waals surface area contributed by atoms with Crippen LogP contribution in [-0.2, 0) is 4.57 Å².